The van der Waals surface area contributed by atoms with Gasteiger partial charge >= 0.3 is 0 Å². The quantitative estimate of drug-likeness (QED) is 0.103. The van der Waals surface area contributed by atoms with E-state index in [-0.39, 0.29) is 41.9 Å². The Morgan fingerprint density at radius 2 is 1.00 bits per heavy atom. The molecule has 0 saturated carbocycles. The van der Waals surface area contributed by atoms with E-state index < -0.39 is 28.4 Å². The van der Waals surface area contributed by atoms with Crippen LogP contribution in [-0.4, -0.2) is 71.6 Å². The third-order valence-electron chi connectivity index (χ3n) is 7.81. The van der Waals surface area contributed by atoms with Gasteiger partial charge in [0.15, 0.2) is 10.3 Å². The Kier molecular flexibility index (Phi) is 16.2. The first-order valence-corrected chi connectivity index (χ1v) is 17.8. The van der Waals surface area contributed by atoms with Crippen molar-refractivity contribution >= 4 is 28.1 Å². The van der Waals surface area contributed by atoms with Gasteiger partial charge in [0.25, 0.3) is 16.8 Å². The number of hydrogen-bond donors (Lipinski definition) is 0. The van der Waals surface area contributed by atoms with Crippen molar-refractivity contribution in [2.24, 2.45) is 0 Å². The number of anilines is 2. The molecule has 3 heterocycles. The Labute approximate surface area is 306 Å². The van der Waals surface area contributed by atoms with E-state index in [1.54, 1.807) is 53.0 Å². The predicted octanol–water partition coefficient (Wildman–Crippen LogP) is 8.24. The zero-order chi connectivity index (χ0) is 35.8. The van der Waals surface area contributed by atoms with Crippen molar-refractivity contribution in [1.29, 1.82) is 0 Å². The molecular weight excluding hydrogens is 841 g/mol. The van der Waals surface area contributed by atoms with Crippen LogP contribution in [0.3, 0.4) is 0 Å². The molecule has 0 unspecified atom stereocenters. The molecule has 0 spiro atoms. The van der Waals surface area contributed by atoms with Crippen LogP contribution < -0.4 is 9.80 Å². The summed E-state index contributed by atoms with van der Waals surface area (Å²) in [6.07, 6.45) is 3.18. The fraction of sp³-hybridized carbons (Fsp3) is 0.400. The molecule has 0 bridgehead atoms. The second-order valence-corrected chi connectivity index (χ2v) is 17.6. The summed E-state index contributed by atoms with van der Waals surface area (Å²) in [7, 11) is 11.3. The fourth-order valence-electron chi connectivity index (χ4n) is 5.07. The smallest absolute Gasteiger partial charge is 0.273 e. The minimum absolute atomic E-state index is 0. The van der Waals surface area contributed by atoms with Crippen LogP contribution >= 0.6 is 16.8 Å². The maximum absolute atomic E-state index is 14.4. The van der Waals surface area contributed by atoms with Crippen LogP contribution in [0.4, 0.5) is 20.2 Å². The predicted molar refractivity (Wildman–Crippen MR) is 195 cm³/mol. The van der Waals surface area contributed by atoms with E-state index in [1.807, 2.05) is 68.3 Å². The molecule has 0 aliphatic carbocycles. The Morgan fingerprint density at radius 1 is 0.633 bits per heavy atom. The second kappa shape index (κ2) is 18.6. The third kappa shape index (κ3) is 10.3. The van der Waals surface area contributed by atoms with E-state index >= 15 is 0 Å². The molecule has 0 atom stereocenters. The van der Waals surface area contributed by atoms with E-state index in [1.165, 1.54) is 0 Å². The minimum atomic E-state index is -1.46. The Hall–Kier alpha value is -2.51. The third-order valence-corrected chi connectivity index (χ3v) is 11.8. The number of hydrogen-bond acceptors (Lipinski definition) is 9. The van der Waals surface area contributed by atoms with E-state index in [2.05, 4.69) is 43.7 Å². The van der Waals surface area contributed by atoms with Gasteiger partial charge < -0.3 is 9.80 Å². The van der Waals surface area contributed by atoms with Crippen molar-refractivity contribution in [1.82, 2.24) is 15.0 Å². The average Bonchev–Trinajstić information content (AvgIpc) is 3.06. The molecule has 267 valence electrons. The largest absolute Gasteiger partial charge is 0.378 e. The van der Waals surface area contributed by atoms with Crippen LogP contribution in [0.5, 0.6) is 0 Å². The molecule has 0 amide bonds. The van der Waals surface area contributed by atoms with Gasteiger partial charge in [0.2, 0.25) is 0 Å². The van der Waals surface area contributed by atoms with Crippen LogP contribution in [0.25, 0.3) is 22.5 Å². The molecule has 49 heavy (non-hydrogen) atoms. The van der Waals surface area contributed by atoms with Crippen molar-refractivity contribution in [3.8, 4) is 22.5 Å². The monoisotopic (exact) mass is 889 g/mol. The number of halogens is 2. The number of aromatic nitrogens is 3. The maximum Gasteiger partial charge on any atom is 0.273 e. The van der Waals surface area contributed by atoms with E-state index in [4.69, 9.17) is 23.1 Å². The molecule has 0 N–H and O–H groups in total. The molecular formula is C35H48F2N5O4P2Re+. The van der Waals surface area contributed by atoms with Crippen LogP contribution in [0.1, 0.15) is 39.1 Å². The van der Waals surface area contributed by atoms with Crippen LogP contribution in [0, 0.1) is 17.7 Å². The molecule has 0 aliphatic heterocycles. The second-order valence-electron chi connectivity index (χ2n) is 12.4. The number of benzene rings is 1. The van der Waals surface area contributed by atoms with Crippen molar-refractivity contribution < 1.29 is 47.3 Å². The first kappa shape index (κ1) is 42.7. The normalized spacial score (nSPS) is 11.6. The molecule has 0 saturated heterocycles. The van der Waals surface area contributed by atoms with Gasteiger partial charge in [-0.05, 0) is 64.1 Å². The average molecular weight is 889 g/mol. The van der Waals surface area contributed by atoms with Gasteiger partial charge in [-0.1, -0.05) is 23.3 Å². The first-order valence-electron chi connectivity index (χ1n) is 15.2. The van der Waals surface area contributed by atoms with Crippen molar-refractivity contribution in [3.63, 3.8) is 0 Å². The maximum atomic E-state index is 14.4. The summed E-state index contributed by atoms with van der Waals surface area (Å²) >= 11 is 0. The van der Waals surface area contributed by atoms with Crippen LogP contribution in [0.15, 0.2) is 60.9 Å². The van der Waals surface area contributed by atoms with Crippen LogP contribution in [0.2, 0.25) is 0 Å². The molecule has 1 aromatic carbocycles. The zero-order valence-electron chi connectivity index (χ0n) is 30.3. The van der Waals surface area contributed by atoms with E-state index in [9.17, 15) is 8.78 Å². The molecule has 3 aromatic heterocycles. The molecule has 0 fully saturated rings. The Bertz CT molecular complexity index is 1550. The summed E-state index contributed by atoms with van der Waals surface area (Å²) in [6.45, 7) is 8.41. The summed E-state index contributed by atoms with van der Waals surface area (Å²) < 4.78 is 51.0. The van der Waals surface area contributed by atoms with Gasteiger partial charge in [0, 0.05) is 83.8 Å². The zero-order valence-corrected chi connectivity index (χ0v) is 35.0. The number of pyridine rings is 3. The molecule has 1 radical (unpaired) electrons. The summed E-state index contributed by atoms with van der Waals surface area (Å²) in [5, 5.41) is -0.541. The summed E-state index contributed by atoms with van der Waals surface area (Å²) in [5.74, 6) is -1.42. The van der Waals surface area contributed by atoms with Crippen molar-refractivity contribution in [3.05, 3.63) is 90.0 Å². The molecule has 14 heteroatoms. The van der Waals surface area contributed by atoms with E-state index in [0.29, 0.717) is 11.4 Å². The molecule has 4 rings (SSSR count). The summed E-state index contributed by atoms with van der Waals surface area (Å²) in [4.78, 5) is 17.1. The van der Waals surface area contributed by atoms with E-state index in [0.717, 1.165) is 28.8 Å². The Morgan fingerprint density at radius 3 is 1.33 bits per heavy atom. The molecule has 9 nitrogen and oxygen atoms in total. The molecule has 4 aromatic rings. The van der Waals surface area contributed by atoms with Crippen molar-refractivity contribution in [2.45, 2.75) is 38.0 Å². The van der Waals surface area contributed by atoms with Gasteiger partial charge in [0.1, 0.15) is 0 Å². The minimum Gasteiger partial charge on any atom is -0.378 e. The Balaban J connectivity index is 0.000000339. The number of nitrogens with zero attached hydrogens (tertiary/aromatic N) is 5. The van der Waals surface area contributed by atoms with Gasteiger partial charge in [-0.15, -0.1) is 6.07 Å². The SMILES string of the molecule is CN(C)c1ccnc(-c2[c-]c(-c3cc(N(C)C)ccn3)c(F)cc2F)c1.CO[PH+](OC)C(C)(C)c1cccc(C(C)(C)[PH+](OC)OC)n1.[Re]. The standard InChI is InChI=1S/C20H19F2N4.C15H27NO4P2.Re/c1-25(2)13-5-7-23-19(9-13)15-11-16(18(22)12-17(15)21)20-10-14(26(3)4)6-8-24-20;1-14(2,21(17-5)18-6)12-10-9-11-13(16-12)15(3,4)22(19-7)20-8;/h5-10,12H,1-4H3;9-11H,1-8H3;/q-1;;/p+2. The van der Waals surface area contributed by atoms with Gasteiger partial charge in [-0.25, -0.2) is 23.1 Å². The van der Waals surface area contributed by atoms with Gasteiger partial charge in [0.05, 0.1) is 51.5 Å². The first-order chi connectivity index (χ1) is 22.6. The van der Waals surface area contributed by atoms with Gasteiger partial charge in [-0.3, -0.25) is 18.7 Å². The molecule has 0 aliphatic rings. The topological polar surface area (TPSA) is 82.1 Å². The van der Waals surface area contributed by atoms with Crippen molar-refractivity contribution in [2.75, 3.05) is 66.4 Å². The van der Waals surface area contributed by atoms with Crippen LogP contribution in [-0.2, 0) is 48.8 Å². The fourth-order valence-corrected chi connectivity index (χ4v) is 8.14. The summed E-state index contributed by atoms with van der Waals surface area (Å²) in [6, 6.07) is 16.9. The number of rotatable bonds is 12. The van der Waals surface area contributed by atoms with Gasteiger partial charge in [-0.2, -0.15) is 0 Å². The summed E-state index contributed by atoms with van der Waals surface area (Å²) in [5.41, 5.74) is 4.65.